The topological polar surface area (TPSA) is 61.5 Å². The van der Waals surface area contributed by atoms with Crippen LogP contribution in [0.4, 0.5) is 0 Å². The number of fused-ring (bicyclic) bond motifs is 1. The molecule has 0 aliphatic heterocycles. The SMILES string of the molecule is CCCc1c(CN(C)O)c2cc(C)ccc2n1CC(C)(O)c1ccncc1. The molecule has 144 valence electrons. The van der Waals surface area contributed by atoms with Crippen LogP contribution in [0.3, 0.4) is 0 Å². The third kappa shape index (κ3) is 4.05. The summed E-state index contributed by atoms with van der Waals surface area (Å²) in [6.07, 6.45) is 5.30. The van der Waals surface area contributed by atoms with Crippen molar-refractivity contribution in [1.82, 2.24) is 14.6 Å². The lowest BCUT2D eigenvalue weighted by atomic mass is 9.97. The second-order valence-corrected chi connectivity index (χ2v) is 7.61. The number of rotatable bonds is 7. The molecule has 2 heterocycles. The van der Waals surface area contributed by atoms with Gasteiger partial charge in [0.25, 0.3) is 0 Å². The Bertz CT molecular complexity index is 914. The van der Waals surface area contributed by atoms with Gasteiger partial charge in [-0.25, -0.2) is 0 Å². The summed E-state index contributed by atoms with van der Waals surface area (Å²) in [6.45, 7) is 6.98. The highest BCUT2D eigenvalue weighted by Crippen LogP contribution is 2.32. The predicted molar refractivity (Wildman–Crippen MR) is 108 cm³/mol. The number of nitrogens with zero attached hydrogens (tertiary/aromatic N) is 3. The number of hydrogen-bond acceptors (Lipinski definition) is 4. The molecule has 0 aliphatic carbocycles. The standard InChI is InChI=1S/C22H29N3O2/c1-5-6-20-19(14-24(4)27)18-13-16(2)7-8-21(18)25(20)15-22(3,26)17-9-11-23-12-10-17/h7-13,26-27H,5-6,14-15H2,1-4H3. The molecule has 0 bridgehead atoms. The zero-order valence-electron chi connectivity index (χ0n) is 16.6. The van der Waals surface area contributed by atoms with Crippen molar-refractivity contribution in [2.75, 3.05) is 7.05 Å². The average Bonchev–Trinajstić information content (AvgIpc) is 2.88. The van der Waals surface area contributed by atoms with Crippen molar-refractivity contribution in [3.8, 4) is 0 Å². The minimum absolute atomic E-state index is 0.445. The predicted octanol–water partition coefficient (Wildman–Crippen LogP) is 4.03. The van der Waals surface area contributed by atoms with Crippen LogP contribution in [0.25, 0.3) is 10.9 Å². The molecule has 2 N–H and O–H groups in total. The van der Waals surface area contributed by atoms with Crippen LogP contribution < -0.4 is 0 Å². The van der Waals surface area contributed by atoms with Crippen molar-refractivity contribution in [3.05, 3.63) is 65.1 Å². The molecule has 0 aliphatic rings. The third-order valence-electron chi connectivity index (χ3n) is 5.08. The molecule has 27 heavy (non-hydrogen) atoms. The van der Waals surface area contributed by atoms with Crippen molar-refractivity contribution in [3.63, 3.8) is 0 Å². The van der Waals surface area contributed by atoms with E-state index in [9.17, 15) is 10.3 Å². The Labute approximate surface area is 160 Å². The molecule has 0 spiro atoms. The lowest BCUT2D eigenvalue weighted by Crippen LogP contribution is -2.28. The van der Waals surface area contributed by atoms with Crippen LogP contribution in [0, 0.1) is 6.92 Å². The molecule has 1 unspecified atom stereocenters. The molecule has 5 heteroatoms. The molecule has 2 aromatic heterocycles. The van der Waals surface area contributed by atoms with E-state index in [4.69, 9.17) is 0 Å². The van der Waals surface area contributed by atoms with Crippen molar-refractivity contribution in [2.45, 2.75) is 52.3 Å². The summed E-state index contributed by atoms with van der Waals surface area (Å²) < 4.78 is 2.22. The first-order valence-corrected chi connectivity index (χ1v) is 9.47. The minimum atomic E-state index is -1.02. The van der Waals surface area contributed by atoms with E-state index >= 15 is 0 Å². The zero-order chi connectivity index (χ0) is 19.6. The van der Waals surface area contributed by atoms with Crippen molar-refractivity contribution in [2.24, 2.45) is 0 Å². The van der Waals surface area contributed by atoms with Gasteiger partial charge in [0.15, 0.2) is 0 Å². The summed E-state index contributed by atoms with van der Waals surface area (Å²) in [6, 6.07) is 10.1. The molecule has 0 fully saturated rings. The van der Waals surface area contributed by atoms with E-state index in [0.717, 1.165) is 34.9 Å². The number of aliphatic hydroxyl groups is 1. The van der Waals surface area contributed by atoms with Crippen molar-refractivity contribution in [1.29, 1.82) is 0 Å². The number of benzene rings is 1. The van der Waals surface area contributed by atoms with Gasteiger partial charge in [0.05, 0.1) is 13.1 Å². The molecule has 0 saturated carbocycles. The van der Waals surface area contributed by atoms with Gasteiger partial charge in [-0.2, -0.15) is 5.06 Å². The van der Waals surface area contributed by atoms with Gasteiger partial charge in [-0.05, 0) is 55.7 Å². The fourth-order valence-electron chi connectivity index (χ4n) is 3.81. The Morgan fingerprint density at radius 3 is 2.52 bits per heavy atom. The van der Waals surface area contributed by atoms with Gasteiger partial charge in [-0.3, -0.25) is 4.98 Å². The maximum absolute atomic E-state index is 11.2. The Hall–Kier alpha value is -2.21. The van der Waals surface area contributed by atoms with E-state index in [1.54, 1.807) is 19.4 Å². The number of pyridine rings is 1. The van der Waals surface area contributed by atoms with Crippen LogP contribution >= 0.6 is 0 Å². The van der Waals surface area contributed by atoms with E-state index in [-0.39, 0.29) is 0 Å². The monoisotopic (exact) mass is 367 g/mol. The Balaban J connectivity index is 2.17. The Morgan fingerprint density at radius 2 is 1.89 bits per heavy atom. The minimum Gasteiger partial charge on any atom is -0.384 e. The van der Waals surface area contributed by atoms with Gasteiger partial charge in [-0.15, -0.1) is 0 Å². The third-order valence-corrected chi connectivity index (χ3v) is 5.08. The summed E-state index contributed by atoms with van der Waals surface area (Å²) in [5, 5.41) is 23.5. The quantitative estimate of drug-likeness (QED) is 0.619. The van der Waals surface area contributed by atoms with Crippen LogP contribution in [0.2, 0.25) is 0 Å². The average molecular weight is 367 g/mol. The van der Waals surface area contributed by atoms with Gasteiger partial charge in [-0.1, -0.05) is 25.0 Å². The lowest BCUT2D eigenvalue weighted by molar-refractivity contribution is -0.0730. The number of hydrogen-bond donors (Lipinski definition) is 2. The van der Waals surface area contributed by atoms with Crippen LogP contribution in [-0.4, -0.2) is 32.0 Å². The van der Waals surface area contributed by atoms with E-state index in [0.29, 0.717) is 13.1 Å². The summed E-state index contributed by atoms with van der Waals surface area (Å²) in [7, 11) is 1.67. The van der Waals surface area contributed by atoms with E-state index in [1.165, 1.54) is 16.3 Å². The van der Waals surface area contributed by atoms with E-state index < -0.39 is 5.60 Å². The molecule has 0 saturated heterocycles. The lowest BCUT2D eigenvalue weighted by Gasteiger charge is -2.26. The molecule has 3 rings (SSSR count). The zero-order valence-corrected chi connectivity index (χ0v) is 16.6. The highest BCUT2D eigenvalue weighted by atomic mass is 16.5. The summed E-state index contributed by atoms with van der Waals surface area (Å²) >= 11 is 0. The molecule has 0 radical (unpaired) electrons. The van der Waals surface area contributed by atoms with Crippen molar-refractivity contribution < 1.29 is 10.3 Å². The van der Waals surface area contributed by atoms with Gasteiger partial charge >= 0.3 is 0 Å². The van der Waals surface area contributed by atoms with Gasteiger partial charge < -0.3 is 14.9 Å². The van der Waals surface area contributed by atoms with Crippen LogP contribution in [0.15, 0.2) is 42.7 Å². The highest BCUT2D eigenvalue weighted by Gasteiger charge is 2.27. The molecular weight excluding hydrogens is 338 g/mol. The van der Waals surface area contributed by atoms with Crippen LogP contribution in [-0.2, 0) is 25.1 Å². The first-order chi connectivity index (χ1) is 12.8. The van der Waals surface area contributed by atoms with Crippen molar-refractivity contribution >= 4 is 10.9 Å². The second-order valence-electron chi connectivity index (χ2n) is 7.61. The maximum atomic E-state index is 11.2. The highest BCUT2D eigenvalue weighted by molar-refractivity contribution is 5.86. The van der Waals surface area contributed by atoms with Gasteiger partial charge in [0.2, 0.25) is 0 Å². The fraction of sp³-hybridized carbons (Fsp3) is 0.409. The van der Waals surface area contributed by atoms with Crippen LogP contribution in [0.1, 0.15) is 42.7 Å². The summed E-state index contributed by atoms with van der Waals surface area (Å²) in [4.78, 5) is 4.06. The summed E-state index contributed by atoms with van der Waals surface area (Å²) in [5.74, 6) is 0. The van der Waals surface area contributed by atoms with Gasteiger partial charge in [0.1, 0.15) is 5.60 Å². The Kier molecular flexibility index (Phi) is 5.65. The van der Waals surface area contributed by atoms with E-state index in [1.807, 2.05) is 19.1 Å². The molecule has 3 aromatic rings. The largest absolute Gasteiger partial charge is 0.384 e. The summed E-state index contributed by atoms with van der Waals surface area (Å²) in [5.41, 5.74) is 4.40. The molecule has 1 aromatic carbocycles. The smallest absolute Gasteiger partial charge is 0.105 e. The van der Waals surface area contributed by atoms with Gasteiger partial charge in [0, 0.05) is 36.0 Å². The molecular formula is C22H29N3O2. The molecule has 1 atom stereocenters. The number of hydroxylamine groups is 2. The maximum Gasteiger partial charge on any atom is 0.105 e. The second kappa shape index (κ2) is 7.80. The fourth-order valence-corrected chi connectivity index (χ4v) is 3.81. The normalized spacial score (nSPS) is 14.0. The molecule has 0 amide bonds. The number of aryl methyl sites for hydroxylation is 1. The van der Waals surface area contributed by atoms with E-state index in [2.05, 4.69) is 41.6 Å². The number of aromatic nitrogens is 2. The van der Waals surface area contributed by atoms with Crippen LogP contribution in [0.5, 0.6) is 0 Å². The first-order valence-electron chi connectivity index (χ1n) is 9.47. The molecule has 5 nitrogen and oxygen atoms in total. The Morgan fingerprint density at radius 1 is 1.19 bits per heavy atom. The first kappa shape index (κ1) is 19.5.